The maximum atomic E-state index is 11.4. The van der Waals surface area contributed by atoms with E-state index in [0.29, 0.717) is 11.1 Å². The Bertz CT molecular complexity index is 758. The summed E-state index contributed by atoms with van der Waals surface area (Å²) in [5.41, 5.74) is 2.10. The number of halogens is 1. The van der Waals surface area contributed by atoms with E-state index in [1.54, 1.807) is 13.2 Å². The maximum absolute atomic E-state index is 11.4. The van der Waals surface area contributed by atoms with Gasteiger partial charge in [0.15, 0.2) is 5.58 Å². The predicted molar refractivity (Wildman–Crippen MR) is 64.5 cm³/mol. The normalized spacial score (nSPS) is 11.4. The first-order valence-electron chi connectivity index (χ1n) is 4.70. The van der Waals surface area contributed by atoms with Crippen LogP contribution in [-0.2, 0) is 7.05 Å². The molecule has 0 fully saturated rings. The first kappa shape index (κ1) is 9.59. The number of aryl methyl sites for hydroxylation is 1. The zero-order valence-electron chi connectivity index (χ0n) is 8.40. The lowest BCUT2D eigenvalue weighted by atomic mass is 10.2. The summed E-state index contributed by atoms with van der Waals surface area (Å²) in [7, 11) is 1.67. The molecule has 5 heteroatoms. The van der Waals surface area contributed by atoms with Crippen molar-refractivity contribution in [2.75, 3.05) is 0 Å². The first-order valence-corrected chi connectivity index (χ1v) is 5.50. The fourth-order valence-electron chi connectivity index (χ4n) is 1.73. The number of oxazole rings is 1. The molecule has 2 aromatic heterocycles. The number of pyridine rings is 1. The van der Waals surface area contributed by atoms with Crippen LogP contribution in [0.15, 0.2) is 38.1 Å². The van der Waals surface area contributed by atoms with Crippen LogP contribution in [0, 0.1) is 0 Å². The third-order valence-electron chi connectivity index (χ3n) is 2.59. The number of fused-ring (bicyclic) bond motifs is 3. The Morgan fingerprint density at radius 3 is 3.06 bits per heavy atom. The van der Waals surface area contributed by atoms with Crippen molar-refractivity contribution < 1.29 is 4.42 Å². The maximum Gasteiger partial charge on any atom is 0.419 e. The van der Waals surface area contributed by atoms with Gasteiger partial charge in [-0.15, -0.1) is 0 Å². The van der Waals surface area contributed by atoms with E-state index in [4.69, 9.17) is 4.42 Å². The molecule has 0 atom stereocenters. The Morgan fingerprint density at radius 1 is 1.44 bits per heavy atom. The highest BCUT2D eigenvalue weighted by Gasteiger charge is 2.10. The second-order valence-corrected chi connectivity index (χ2v) is 4.48. The van der Waals surface area contributed by atoms with Crippen molar-refractivity contribution in [3.63, 3.8) is 0 Å². The standard InChI is InChI=1S/C11H7BrN2O2/c1-14-9-5-13-8-3-2-6(12)4-7(8)10(9)16-11(14)15/h2-5H,1H3. The SMILES string of the molecule is Cn1c(=O)oc2c3cc(Br)ccc3ncc21. The Morgan fingerprint density at radius 2 is 2.25 bits per heavy atom. The lowest BCUT2D eigenvalue weighted by Crippen LogP contribution is -2.08. The summed E-state index contributed by atoms with van der Waals surface area (Å²) in [5, 5.41) is 0.838. The van der Waals surface area contributed by atoms with Crippen LogP contribution in [0.5, 0.6) is 0 Å². The Balaban J connectivity index is 2.62. The van der Waals surface area contributed by atoms with E-state index < -0.39 is 0 Å². The number of hydrogen-bond donors (Lipinski definition) is 0. The molecule has 0 saturated carbocycles. The van der Waals surface area contributed by atoms with Crippen LogP contribution in [0.2, 0.25) is 0 Å². The van der Waals surface area contributed by atoms with Gasteiger partial charge in [-0.25, -0.2) is 4.79 Å². The fraction of sp³-hybridized carbons (Fsp3) is 0.0909. The number of aromatic nitrogens is 2. The Hall–Kier alpha value is -1.62. The van der Waals surface area contributed by atoms with Gasteiger partial charge >= 0.3 is 5.76 Å². The monoisotopic (exact) mass is 278 g/mol. The van der Waals surface area contributed by atoms with Gasteiger partial charge in [0, 0.05) is 16.9 Å². The van der Waals surface area contributed by atoms with Gasteiger partial charge in [0.25, 0.3) is 0 Å². The molecular formula is C11H7BrN2O2. The van der Waals surface area contributed by atoms with Gasteiger partial charge in [0.1, 0.15) is 5.52 Å². The van der Waals surface area contributed by atoms with Crippen LogP contribution in [0.4, 0.5) is 0 Å². The van der Waals surface area contributed by atoms with Crippen LogP contribution in [0.1, 0.15) is 0 Å². The minimum absolute atomic E-state index is 0.371. The summed E-state index contributed by atoms with van der Waals surface area (Å²) in [4.78, 5) is 15.7. The smallest absolute Gasteiger partial charge is 0.407 e. The van der Waals surface area contributed by atoms with Gasteiger partial charge in [-0.3, -0.25) is 9.55 Å². The first-order chi connectivity index (χ1) is 7.66. The van der Waals surface area contributed by atoms with Crippen molar-refractivity contribution in [1.82, 2.24) is 9.55 Å². The van der Waals surface area contributed by atoms with E-state index in [1.807, 2.05) is 18.2 Å². The van der Waals surface area contributed by atoms with Gasteiger partial charge in [0.05, 0.1) is 11.7 Å². The topological polar surface area (TPSA) is 48.0 Å². The van der Waals surface area contributed by atoms with Crippen LogP contribution in [0.25, 0.3) is 22.0 Å². The lowest BCUT2D eigenvalue weighted by molar-refractivity contribution is 0.530. The molecule has 3 aromatic rings. The summed E-state index contributed by atoms with van der Waals surface area (Å²) in [6.45, 7) is 0. The van der Waals surface area contributed by atoms with Gasteiger partial charge in [0.2, 0.25) is 0 Å². The van der Waals surface area contributed by atoms with Gasteiger partial charge < -0.3 is 4.42 Å². The van der Waals surface area contributed by atoms with Crippen molar-refractivity contribution in [3.8, 4) is 0 Å². The highest BCUT2D eigenvalue weighted by molar-refractivity contribution is 9.10. The third kappa shape index (κ3) is 1.21. The van der Waals surface area contributed by atoms with E-state index in [2.05, 4.69) is 20.9 Å². The summed E-state index contributed by atoms with van der Waals surface area (Å²) >= 11 is 3.39. The second kappa shape index (κ2) is 3.18. The van der Waals surface area contributed by atoms with E-state index in [9.17, 15) is 4.79 Å². The molecule has 16 heavy (non-hydrogen) atoms. The van der Waals surface area contributed by atoms with Crippen LogP contribution >= 0.6 is 15.9 Å². The summed E-state index contributed by atoms with van der Waals surface area (Å²) in [5.74, 6) is -0.371. The molecule has 2 heterocycles. The number of rotatable bonds is 0. The highest BCUT2D eigenvalue weighted by atomic mass is 79.9. The molecule has 4 nitrogen and oxygen atoms in total. The largest absolute Gasteiger partial charge is 0.419 e. The minimum Gasteiger partial charge on any atom is -0.407 e. The fourth-order valence-corrected chi connectivity index (χ4v) is 2.09. The van der Waals surface area contributed by atoms with Crippen LogP contribution < -0.4 is 5.76 Å². The van der Waals surface area contributed by atoms with Crippen molar-refractivity contribution in [2.24, 2.45) is 7.05 Å². The molecule has 0 N–H and O–H groups in total. The average molecular weight is 279 g/mol. The Labute approximate surface area is 98.6 Å². The predicted octanol–water partition coefficient (Wildman–Crippen LogP) is 2.44. The van der Waals surface area contributed by atoms with E-state index in [-0.39, 0.29) is 5.76 Å². The molecule has 0 aliphatic heterocycles. The summed E-state index contributed by atoms with van der Waals surface area (Å²) in [6, 6.07) is 5.68. The lowest BCUT2D eigenvalue weighted by Gasteiger charge is -1.98. The van der Waals surface area contributed by atoms with Crippen molar-refractivity contribution in [1.29, 1.82) is 0 Å². The van der Waals surface area contributed by atoms with Crippen molar-refractivity contribution in [3.05, 3.63) is 39.4 Å². The molecule has 0 radical (unpaired) electrons. The highest BCUT2D eigenvalue weighted by Crippen LogP contribution is 2.25. The van der Waals surface area contributed by atoms with E-state index >= 15 is 0 Å². The molecule has 0 saturated heterocycles. The molecule has 3 rings (SSSR count). The van der Waals surface area contributed by atoms with Crippen molar-refractivity contribution in [2.45, 2.75) is 0 Å². The minimum atomic E-state index is -0.371. The Kier molecular flexibility index (Phi) is 1.91. The van der Waals surface area contributed by atoms with Gasteiger partial charge in [-0.2, -0.15) is 0 Å². The van der Waals surface area contributed by atoms with E-state index in [1.165, 1.54) is 4.57 Å². The van der Waals surface area contributed by atoms with Gasteiger partial charge in [-0.05, 0) is 18.2 Å². The van der Waals surface area contributed by atoms with Crippen LogP contribution in [-0.4, -0.2) is 9.55 Å². The van der Waals surface area contributed by atoms with Gasteiger partial charge in [-0.1, -0.05) is 15.9 Å². The molecule has 1 aromatic carbocycles. The zero-order valence-corrected chi connectivity index (χ0v) is 9.98. The summed E-state index contributed by atoms with van der Waals surface area (Å²) in [6.07, 6.45) is 1.65. The number of hydrogen-bond acceptors (Lipinski definition) is 3. The third-order valence-corrected chi connectivity index (χ3v) is 3.08. The summed E-state index contributed by atoms with van der Waals surface area (Å²) < 4.78 is 7.59. The zero-order chi connectivity index (χ0) is 11.3. The number of benzene rings is 1. The van der Waals surface area contributed by atoms with Crippen LogP contribution in [0.3, 0.4) is 0 Å². The van der Waals surface area contributed by atoms with Crippen molar-refractivity contribution >= 4 is 37.9 Å². The molecule has 0 bridgehead atoms. The molecule has 80 valence electrons. The number of nitrogens with zero attached hydrogens (tertiary/aromatic N) is 2. The molecule has 0 unspecified atom stereocenters. The second-order valence-electron chi connectivity index (χ2n) is 3.56. The molecule has 0 aliphatic carbocycles. The molecular weight excluding hydrogens is 272 g/mol. The molecule has 0 spiro atoms. The quantitative estimate of drug-likeness (QED) is 0.635. The molecule has 0 amide bonds. The average Bonchev–Trinajstić information content (AvgIpc) is 2.56. The van der Waals surface area contributed by atoms with E-state index in [0.717, 1.165) is 15.4 Å². The molecule has 0 aliphatic rings.